The third-order valence-electron chi connectivity index (χ3n) is 6.52. The van der Waals surface area contributed by atoms with Crippen molar-refractivity contribution in [2.45, 2.75) is 12.8 Å². The van der Waals surface area contributed by atoms with E-state index in [0.717, 1.165) is 49.9 Å². The standard InChI is InChI=1S/C30H25NO6/c32-30(33)37-29-24(11-5-15-34-25-12-3-7-19-6-1-2-8-21(19)25)23-10-4-9-22(28(23)31-29)20-13-14-26-27(18-20)36-17-16-35-26/h1-4,6-10,12-14,18,31H,5,11,15-17H2,(H,32,33). The van der Waals surface area contributed by atoms with Gasteiger partial charge in [-0.1, -0.05) is 60.7 Å². The summed E-state index contributed by atoms with van der Waals surface area (Å²) < 4.78 is 22.7. The number of H-pyrrole nitrogens is 1. The van der Waals surface area contributed by atoms with Gasteiger partial charge < -0.3 is 29.0 Å². The van der Waals surface area contributed by atoms with Gasteiger partial charge in [-0.25, -0.2) is 4.79 Å². The average molecular weight is 496 g/mol. The van der Waals surface area contributed by atoms with Crippen LogP contribution in [0.5, 0.6) is 23.1 Å². The number of carboxylic acid groups (broad SMARTS) is 1. The van der Waals surface area contributed by atoms with Crippen molar-refractivity contribution in [1.82, 2.24) is 4.98 Å². The fourth-order valence-electron chi connectivity index (χ4n) is 4.88. The number of ether oxygens (including phenoxy) is 4. The monoisotopic (exact) mass is 495 g/mol. The quantitative estimate of drug-likeness (QED) is 0.190. The van der Waals surface area contributed by atoms with Crippen LogP contribution in [0.4, 0.5) is 4.79 Å². The molecule has 186 valence electrons. The van der Waals surface area contributed by atoms with Gasteiger partial charge >= 0.3 is 6.16 Å². The molecule has 7 heteroatoms. The first-order valence-corrected chi connectivity index (χ1v) is 12.2. The molecular weight excluding hydrogens is 470 g/mol. The largest absolute Gasteiger partial charge is 0.512 e. The lowest BCUT2D eigenvalue weighted by molar-refractivity contribution is 0.142. The number of hydrogen-bond donors (Lipinski definition) is 2. The van der Waals surface area contributed by atoms with Crippen molar-refractivity contribution in [3.05, 3.63) is 84.4 Å². The highest BCUT2D eigenvalue weighted by Gasteiger charge is 2.19. The molecule has 0 atom stereocenters. The Morgan fingerprint density at radius 2 is 1.68 bits per heavy atom. The number of carbonyl (C=O) groups is 1. The van der Waals surface area contributed by atoms with E-state index in [4.69, 9.17) is 18.9 Å². The maximum Gasteiger partial charge on any atom is 0.512 e. The van der Waals surface area contributed by atoms with Gasteiger partial charge in [0.2, 0.25) is 5.88 Å². The number of fused-ring (bicyclic) bond motifs is 3. The molecule has 1 aliphatic heterocycles. The summed E-state index contributed by atoms with van der Waals surface area (Å²) in [5.41, 5.74) is 3.46. The van der Waals surface area contributed by atoms with Crippen LogP contribution < -0.4 is 18.9 Å². The van der Waals surface area contributed by atoms with Crippen LogP contribution in [0.15, 0.2) is 78.9 Å². The Morgan fingerprint density at radius 1 is 0.892 bits per heavy atom. The van der Waals surface area contributed by atoms with E-state index in [1.54, 1.807) is 0 Å². The van der Waals surface area contributed by atoms with Crippen molar-refractivity contribution in [3.8, 4) is 34.3 Å². The highest BCUT2D eigenvalue weighted by molar-refractivity contribution is 5.98. The lowest BCUT2D eigenvalue weighted by Crippen LogP contribution is -2.15. The second-order valence-corrected chi connectivity index (χ2v) is 8.82. The zero-order chi connectivity index (χ0) is 25.2. The van der Waals surface area contributed by atoms with Gasteiger partial charge in [0.15, 0.2) is 11.5 Å². The normalized spacial score (nSPS) is 12.5. The molecule has 4 aromatic carbocycles. The molecule has 7 nitrogen and oxygen atoms in total. The molecule has 0 radical (unpaired) electrons. The SMILES string of the molecule is O=C(O)Oc1[nH]c2c(-c3ccc4c(c3)OCCO4)cccc2c1CCCOc1cccc2ccccc12. The topological polar surface area (TPSA) is 90.0 Å². The lowest BCUT2D eigenvalue weighted by atomic mass is 10.00. The van der Waals surface area contributed by atoms with Crippen LogP contribution in [0.25, 0.3) is 32.8 Å². The molecule has 0 saturated heterocycles. The van der Waals surface area contributed by atoms with Gasteiger partial charge in [-0.2, -0.15) is 0 Å². The van der Waals surface area contributed by atoms with Crippen LogP contribution in [-0.2, 0) is 6.42 Å². The smallest absolute Gasteiger partial charge is 0.493 e. The third-order valence-corrected chi connectivity index (χ3v) is 6.52. The van der Waals surface area contributed by atoms with Crippen molar-refractivity contribution in [2.75, 3.05) is 19.8 Å². The van der Waals surface area contributed by atoms with Crippen LogP contribution in [0, 0.1) is 0 Å². The minimum atomic E-state index is -1.36. The molecule has 2 N–H and O–H groups in total. The second kappa shape index (κ2) is 9.78. The molecule has 37 heavy (non-hydrogen) atoms. The van der Waals surface area contributed by atoms with Crippen LogP contribution >= 0.6 is 0 Å². The molecule has 0 fully saturated rings. The Labute approximate surface area is 213 Å². The first-order valence-electron chi connectivity index (χ1n) is 12.2. The maximum atomic E-state index is 11.5. The van der Waals surface area contributed by atoms with Gasteiger partial charge in [-0.05, 0) is 42.0 Å². The van der Waals surface area contributed by atoms with Crippen molar-refractivity contribution in [3.63, 3.8) is 0 Å². The van der Waals surface area contributed by atoms with E-state index >= 15 is 0 Å². The fraction of sp³-hybridized carbons (Fsp3) is 0.167. The second-order valence-electron chi connectivity index (χ2n) is 8.82. The Hall–Kier alpha value is -4.65. The van der Waals surface area contributed by atoms with Crippen molar-refractivity contribution in [1.29, 1.82) is 0 Å². The number of rotatable bonds is 7. The Morgan fingerprint density at radius 3 is 2.57 bits per heavy atom. The summed E-state index contributed by atoms with van der Waals surface area (Å²) in [5, 5.41) is 12.5. The van der Waals surface area contributed by atoms with Gasteiger partial charge in [0.25, 0.3) is 0 Å². The Kier molecular flexibility index (Phi) is 6.02. The van der Waals surface area contributed by atoms with E-state index in [2.05, 4.69) is 17.1 Å². The molecule has 0 amide bonds. The Balaban J connectivity index is 1.28. The van der Waals surface area contributed by atoms with Gasteiger partial charge in [-0.3, -0.25) is 0 Å². The van der Waals surface area contributed by atoms with E-state index in [-0.39, 0.29) is 5.88 Å². The predicted molar refractivity (Wildman–Crippen MR) is 141 cm³/mol. The minimum Gasteiger partial charge on any atom is -0.493 e. The van der Waals surface area contributed by atoms with E-state index < -0.39 is 6.16 Å². The first-order chi connectivity index (χ1) is 18.2. The zero-order valence-corrected chi connectivity index (χ0v) is 20.0. The lowest BCUT2D eigenvalue weighted by Gasteiger charge is -2.19. The molecule has 5 aromatic rings. The molecule has 2 heterocycles. The van der Waals surface area contributed by atoms with Crippen molar-refractivity contribution < 1.29 is 28.8 Å². The molecule has 0 aliphatic carbocycles. The molecular formula is C30H25NO6. The van der Waals surface area contributed by atoms with Gasteiger partial charge in [-0.15, -0.1) is 0 Å². The summed E-state index contributed by atoms with van der Waals surface area (Å²) in [6, 6.07) is 25.8. The average Bonchev–Trinajstić information content (AvgIpc) is 3.27. The molecule has 6 rings (SSSR count). The Bertz CT molecular complexity index is 1600. The number of aromatic amines is 1. The zero-order valence-electron chi connectivity index (χ0n) is 20.0. The minimum absolute atomic E-state index is 0.234. The summed E-state index contributed by atoms with van der Waals surface area (Å²) in [6.45, 7) is 1.52. The van der Waals surface area contributed by atoms with Gasteiger partial charge in [0, 0.05) is 21.9 Å². The van der Waals surface area contributed by atoms with Crippen LogP contribution in [0.3, 0.4) is 0 Å². The fourth-order valence-corrected chi connectivity index (χ4v) is 4.88. The highest BCUT2D eigenvalue weighted by atomic mass is 16.7. The summed E-state index contributed by atoms with van der Waals surface area (Å²) in [6.07, 6.45) is -0.0982. The number of benzene rings is 4. The number of aryl methyl sites for hydroxylation is 1. The molecule has 1 aliphatic rings. The van der Waals surface area contributed by atoms with Crippen molar-refractivity contribution in [2.24, 2.45) is 0 Å². The molecule has 0 saturated carbocycles. The summed E-state index contributed by atoms with van der Waals surface area (Å²) in [7, 11) is 0. The molecule has 0 unspecified atom stereocenters. The van der Waals surface area contributed by atoms with Crippen LogP contribution in [-0.4, -0.2) is 36.1 Å². The van der Waals surface area contributed by atoms with E-state index in [9.17, 15) is 9.90 Å². The van der Waals surface area contributed by atoms with E-state index in [1.807, 2.05) is 66.7 Å². The van der Waals surface area contributed by atoms with Gasteiger partial charge in [0.05, 0.1) is 12.1 Å². The number of aromatic nitrogens is 1. The van der Waals surface area contributed by atoms with Crippen LogP contribution in [0.1, 0.15) is 12.0 Å². The predicted octanol–water partition coefficient (Wildman–Crippen LogP) is 6.83. The van der Waals surface area contributed by atoms with E-state index in [1.165, 1.54) is 0 Å². The first kappa shape index (κ1) is 22.8. The molecule has 0 spiro atoms. The third kappa shape index (κ3) is 4.51. The molecule has 1 aromatic heterocycles. The summed E-state index contributed by atoms with van der Waals surface area (Å²) in [5.74, 6) is 2.48. The summed E-state index contributed by atoms with van der Waals surface area (Å²) >= 11 is 0. The van der Waals surface area contributed by atoms with Crippen LogP contribution in [0.2, 0.25) is 0 Å². The molecule has 0 bridgehead atoms. The number of hydrogen-bond acceptors (Lipinski definition) is 5. The maximum absolute atomic E-state index is 11.5. The number of nitrogens with one attached hydrogen (secondary N) is 1. The number of para-hydroxylation sites is 1. The summed E-state index contributed by atoms with van der Waals surface area (Å²) in [4.78, 5) is 14.7. The highest BCUT2D eigenvalue weighted by Crippen LogP contribution is 2.39. The van der Waals surface area contributed by atoms with E-state index in [0.29, 0.717) is 38.4 Å². The van der Waals surface area contributed by atoms with Gasteiger partial charge in [0.1, 0.15) is 19.0 Å². The van der Waals surface area contributed by atoms with Crippen molar-refractivity contribution >= 4 is 27.8 Å².